The molecule has 0 aliphatic carbocycles. The third-order valence-corrected chi connectivity index (χ3v) is 6.17. The number of benzene rings is 1. The van der Waals surface area contributed by atoms with Crippen molar-refractivity contribution in [2.45, 2.75) is 26.4 Å². The van der Waals surface area contributed by atoms with Crippen molar-refractivity contribution in [3.05, 3.63) is 66.3 Å². The minimum Gasteiger partial charge on any atom is -0.465 e. The number of hydrogen-bond acceptors (Lipinski definition) is 7. The van der Waals surface area contributed by atoms with Crippen LogP contribution in [-0.2, 0) is 6.54 Å². The molecule has 0 spiro atoms. The molecule has 0 N–H and O–H groups in total. The Balaban J connectivity index is 1.39. The summed E-state index contributed by atoms with van der Waals surface area (Å²) in [7, 11) is 0. The number of rotatable bonds is 4. The van der Waals surface area contributed by atoms with Crippen molar-refractivity contribution in [3.8, 4) is 11.6 Å². The number of nitrogens with zero attached hydrogens (tertiary/aromatic N) is 6. The van der Waals surface area contributed by atoms with Crippen LogP contribution in [0.2, 0.25) is 0 Å². The molecule has 0 amide bonds. The van der Waals surface area contributed by atoms with Crippen LogP contribution < -0.4 is 4.90 Å². The zero-order valence-electron chi connectivity index (χ0n) is 18.1. The molecule has 1 unspecified atom stereocenters. The second kappa shape index (κ2) is 7.49. The van der Waals surface area contributed by atoms with Crippen molar-refractivity contribution in [2.75, 3.05) is 24.5 Å². The van der Waals surface area contributed by atoms with Gasteiger partial charge in [0.1, 0.15) is 11.5 Å². The Hall–Kier alpha value is -3.65. The summed E-state index contributed by atoms with van der Waals surface area (Å²) in [4.78, 5) is 9.82. The number of hydrogen-bond donors (Lipinski definition) is 0. The summed E-state index contributed by atoms with van der Waals surface area (Å²) in [5, 5.41) is 9.95. The van der Waals surface area contributed by atoms with Crippen molar-refractivity contribution < 1.29 is 8.83 Å². The molecular formula is C24H24N6O2. The second-order valence-electron chi connectivity index (χ2n) is 8.37. The van der Waals surface area contributed by atoms with E-state index in [2.05, 4.69) is 33.0 Å². The second-order valence-corrected chi connectivity index (χ2v) is 8.37. The molecule has 0 bridgehead atoms. The molecule has 1 atom stereocenters. The number of furan rings is 2. The van der Waals surface area contributed by atoms with Crippen LogP contribution in [0, 0.1) is 6.92 Å². The predicted molar refractivity (Wildman–Crippen MR) is 122 cm³/mol. The standard InChI is InChI=1S/C24H24N6O2/c1-16-14-29(12-11-28(16)15-18-10-9-17(2)32-18)24-25-20-7-4-3-6-19(20)22-26-27-23(30(22)24)21-8-5-13-31-21/h3-10,13,16H,11-12,14-15H2,1-2H3. The van der Waals surface area contributed by atoms with Crippen molar-refractivity contribution in [3.63, 3.8) is 0 Å². The van der Waals surface area contributed by atoms with E-state index in [4.69, 9.17) is 13.8 Å². The number of aryl methyl sites for hydroxylation is 1. The maximum Gasteiger partial charge on any atom is 0.213 e. The summed E-state index contributed by atoms with van der Waals surface area (Å²) >= 11 is 0. The third-order valence-electron chi connectivity index (χ3n) is 6.17. The quantitative estimate of drug-likeness (QED) is 0.426. The molecule has 32 heavy (non-hydrogen) atoms. The summed E-state index contributed by atoms with van der Waals surface area (Å²) in [5.41, 5.74) is 1.70. The van der Waals surface area contributed by atoms with E-state index in [0.717, 1.165) is 60.2 Å². The number of aromatic nitrogens is 4. The van der Waals surface area contributed by atoms with E-state index < -0.39 is 0 Å². The Bertz CT molecular complexity index is 1390. The van der Waals surface area contributed by atoms with Crippen LogP contribution in [0.3, 0.4) is 0 Å². The fraction of sp³-hybridized carbons (Fsp3) is 0.292. The number of piperazine rings is 1. The first-order chi connectivity index (χ1) is 15.7. The Morgan fingerprint density at radius 2 is 1.94 bits per heavy atom. The molecule has 1 fully saturated rings. The Morgan fingerprint density at radius 3 is 2.72 bits per heavy atom. The zero-order chi connectivity index (χ0) is 21.7. The van der Waals surface area contributed by atoms with Crippen LogP contribution in [0.15, 0.2) is 63.6 Å². The van der Waals surface area contributed by atoms with E-state index in [1.54, 1.807) is 6.26 Å². The first-order valence-electron chi connectivity index (χ1n) is 10.9. The zero-order valence-corrected chi connectivity index (χ0v) is 18.1. The Morgan fingerprint density at radius 1 is 1.03 bits per heavy atom. The van der Waals surface area contributed by atoms with Crippen molar-refractivity contribution in [1.82, 2.24) is 24.5 Å². The highest BCUT2D eigenvalue weighted by Gasteiger charge is 2.28. The molecule has 1 aromatic carbocycles. The average molecular weight is 428 g/mol. The van der Waals surface area contributed by atoms with E-state index in [-0.39, 0.29) is 0 Å². The molecule has 4 aromatic heterocycles. The lowest BCUT2D eigenvalue weighted by Crippen LogP contribution is -2.52. The lowest BCUT2D eigenvalue weighted by molar-refractivity contribution is 0.166. The number of fused-ring (bicyclic) bond motifs is 3. The highest BCUT2D eigenvalue weighted by molar-refractivity contribution is 5.93. The van der Waals surface area contributed by atoms with Crippen LogP contribution in [-0.4, -0.2) is 50.2 Å². The first kappa shape index (κ1) is 19.1. The minimum absolute atomic E-state index is 0.334. The van der Waals surface area contributed by atoms with Gasteiger partial charge in [-0.15, -0.1) is 10.2 Å². The van der Waals surface area contributed by atoms with Crippen molar-refractivity contribution in [2.24, 2.45) is 0 Å². The molecule has 0 radical (unpaired) electrons. The van der Waals surface area contributed by atoms with E-state index in [0.29, 0.717) is 17.6 Å². The van der Waals surface area contributed by atoms with Gasteiger partial charge in [0.25, 0.3) is 0 Å². The monoisotopic (exact) mass is 428 g/mol. The SMILES string of the molecule is Cc1ccc(CN2CCN(c3nc4ccccc4c4nnc(-c5ccco5)n34)CC2C)o1. The van der Waals surface area contributed by atoms with Gasteiger partial charge in [-0.1, -0.05) is 12.1 Å². The number of anilines is 1. The maximum atomic E-state index is 5.80. The third kappa shape index (κ3) is 3.15. The Kier molecular flexibility index (Phi) is 4.46. The maximum absolute atomic E-state index is 5.80. The van der Waals surface area contributed by atoms with Crippen molar-refractivity contribution in [1.29, 1.82) is 0 Å². The summed E-state index contributed by atoms with van der Waals surface area (Å²) in [6.07, 6.45) is 1.65. The molecule has 1 aliphatic rings. The van der Waals surface area contributed by atoms with Gasteiger partial charge in [-0.05, 0) is 50.2 Å². The van der Waals surface area contributed by atoms with Gasteiger partial charge < -0.3 is 13.7 Å². The fourth-order valence-electron chi connectivity index (χ4n) is 4.53. The van der Waals surface area contributed by atoms with E-state index >= 15 is 0 Å². The Labute approximate surface area is 185 Å². The molecule has 1 aliphatic heterocycles. The molecule has 8 heteroatoms. The van der Waals surface area contributed by atoms with Crippen molar-refractivity contribution >= 4 is 22.5 Å². The normalized spacial score (nSPS) is 17.6. The molecule has 5 aromatic rings. The van der Waals surface area contributed by atoms with Crippen LogP contribution >= 0.6 is 0 Å². The topological polar surface area (TPSA) is 75.8 Å². The van der Waals surface area contributed by atoms with Crippen LogP contribution in [0.1, 0.15) is 18.4 Å². The van der Waals surface area contributed by atoms with Gasteiger partial charge in [0.15, 0.2) is 11.4 Å². The van der Waals surface area contributed by atoms with E-state index in [1.807, 2.05) is 53.8 Å². The minimum atomic E-state index is 0.334. The molecular weight excluding hydrogens is 404 g/mol. The average Bonchev–Trinajstić information content (AvgIpc) is 3.55. The highest BCUT2D eigenvalue weighted by Crippen LogP contribution is 2.30. The largest absolute Gasteiger partial charge is 0.465 e. The summed E-state index contributed by atoms with van der Waals surface area (Å²) < 4.78 is 13.5. The van der Waals surface area contributed by atoms with Crippen LogP contribution in [0.5, 0.6) is 0 Å². The van der Waals surface area contributed by atoms with Gasteiger partial charge in [0.05, 0.1) is 18.3 Å². The first-order valence-corrected chi connectivity index (χ1v) is 10.9. The van der Waals surface area contributed by atoms with Gasteiger partial charge >= 0.3 is 0 Å². The van der Waals surface area contributed by atoms with Gasteiger partial charge in [0.2, 0.25) is 11.8 Å². The molecule has 0 saturated carbocycles. The molecule has 6 rings (SSSR count). The van der Waals surface area contributed by atoms with Crippen LogP contribution in [0.4, 0.5) is 5.95 Å². The smallest absolute Gasteiger partial charge is 0.213 e. The van der Waals surface area contributed by atoms with Gasteiger partial charge in [-0.25, -0.2) is 9.38 Å². The molecule has 1 saturated heterocycles. The molecule has 8 nitrogen and oxygen atoms in total. The predicted octanol–water partition coefficient (Wildman–Crippen LogP) is 4.15. The molecule has 162 valence electrons. The summed E-state index contributed by atoms with van der Waals surface area (Å²) in [6, 6.07) is 16.3. The summed E-state index contributed by atoms with van der Waals surface area (Å²) in [6.45, 7) is 7.65. The van der Waals surface area contributed by atoms with Gasteiger partial charge in [-0.3, -0.25) is 4.90 Å². The van der Waals surface area contributed by atoms with Gasteiger partial charge in [-0.2, -0.15) is 0 Å². The highest BCUT2D eigenvalue weighted by atomic mass is 16.3. The van der Waals surface area contributed by atoms with Crippen LogP contribution in [0.25, 0.3) is 28.1 Å². The fourth-order valence-corrected chi connectivity index (χ4v) is 4.53. The van der Waals surface area contributed by atoms with Gasteiger partial charge in [0, 0.05) is 31.1 Å². The van der Waals surface area contributed by atoms with E-state index in [9.17, 15) is 0 Å². The lowest BCUT2D eigenvalue weighted by atomic mass is 10.2. The van der Waals surface area contributed by atoms with E-state index in [1.165, 1.54) is 0 Å². The summed E-state index contributed by atoms with van der Waals surface area (Å²) in [5.74, 6) is 4.14. The molecule has 5 heterocycles. The lowest BCUT2D eigenvalue weighted by Gasteiger charge is -2.40. The number of para-hydroxylation sites is 1.